The number of nitrogens with zero attached hydrogens (tertiary/aromatic N) is 4. The van der Waals surface area contributed by atoms with Gasteiger partial charge in [-0.25, -0.2) is 9.67 Å². The Bertz CT molecular complexity index is 896. The smallest absolute Gasteiger partial charge is 0.246 e. The summed E-state index contributed by atoms with van der Waals surface area (Å²) in [4.78, 5) is 17.3. The normalized spacial score (nSPS) is 16.9. The topological polar surface area (TPSA) is 64.7 Å². The van der Waals surface area contributed by atoms with Crippen molar-refractivity contribution in [3.05, 3.63) is 66.4 Å². The Kier molecular flexibility index (Phi) is 4.11. The molecule has 3 aromatic rings. The Morgan fingerprint density at radius 3 is 2.77 bits per heavy atom. The van der Waals surface area contributed by atoms with E-state index in [-0.39, 0.29) is 11.9 Å². The highest BCUT2D eigenvalue weighted by Gasteiger charge is 2.33. The molecule has 1 amide bonds. The number of hydrogen-bond acceptors (Lipinski definition) is 3. The van der Waals surface area contributed by atoms with Crippen LogP contribution in [0.3, 0.4) is 0 Å². The van der Waals surface area contributed by atoms with Crippen LogP contribution < -0.4 is 5.32 Å². The molecule has 1 unspecified atom stereocenters. The van der Waals surface area contributed by atoms with Gasteiger partial charge in [0.1, 0.15) is 5.54 Å². The summed E-state index contributed by atoms with van der Waals surface area (Å²) in [6, 6.07) is 9.66. The van der Waals surface area contributed by atoms with E-state index < -0.39 is 5.54 Å². The van der Waals surface area contributed by atoms with Gasteiger partial charge in [0, 0.05) is 24.2 Å². The number of aromatic nitrogens is 4. The van der Waals surface area contributed by atoms with Crippen molar-refractivity contribution in [2.45, 2.75) is 44.7 Å². The van der Waals surface area contributed by atoms with Crippen LogP contribution in [0.15, 0.2) is 55.1 Å². The summed E-state index contributed by atoms with van der Waals surface area (Å²) in [6.45, 7) is 3.87. The second-order valence-corrected chi connectivity index (χ2v) is 7.21. The highest BCUT2D eigenvalue weighted by molar-refractivity contribution is 5.84. The van der Waals surface area contributed by atoms with E-state index in [9.17, 15) is 4.79 Å². The van der Waals surface area contributed by atoms with Crippen LogP contribution in [-0.4, -0.2) is 25.2 Å². The summed E-state index contributed by atoms with van der Waals surface area (Å²) >= 11 is 0. The number of fused-ring (bicyclic) bond motifs is 1. The molecule has 1 N–H and O–H groups in total. The van der Waals surface area contributed by atoms with Crippen molar-refractivity contribution in [3.63, 3.8) is 0 Å². The molecule has 0 saturated carbocycles. The number of pyridine rings is 1. The molecule has 3 heterocycles. The van der Waals surface area contributed by atoms with Gasteiger partial charge in [-0.3, -0.25) is 4.79 Å². The van der Waals surface area contributed by atoms with Crippen molar-refractivity contribution in [2.75, 3.05) is 0 Å². The third-order valence-corrected chi connectivity index (χ3v) is 5.16. The summed E-state index contributed by atoms with van der Waals surface area (Å²) in [7, 11) is 0. The van der Waals surface area contributed by atoms with Gasteiger partial charge in [0.05, 0.1) is 17.9 Å². The van der Waals surface area contributed by atoms with E-state index in [2.05, 4.69) is 15.4 Å². The Morgan fingerprint density at radius 2 is 2.04 bits per heavy atom. The van der Waals surface area contributed by atoms with E-state index in [0.717, 1.165) is 36.3 Å². The summed E-state index contributed by atoms with van der Waals surface area (Å²) in [5, 5.41) is 7.77. The number of hydrogen-bond donors (Lipinski definition) is 1. The molecule has 3 aromatic heterocycles. The minimum atomic E-state index is -0.641. The zero-order valence-corrected chi connectivity index (χ0v) is 15.1. The van der Waals surface area contributed by atoms with Gasteiger partial charge in [-0.2, -0.15) is 5.10 Å². The van der Waals surface area contributed by atoms with Crippen LogP contribution in [-0.2, 0) is 16.8 Å². The number of amides is 1. The average molecular weight is 349 g/mol. The first kappa shape index (κ1) is 16.6. The van der Waals surface area contributed by atoms with Crippen LogP contribution in [0, 0.1) is 0 Å². The number of carbonyl (C=O) groups excluding carboxylic acids is 1. The summed E-state index contributed by atoms with van der Waals surface area (Å²) in [5.41, 5.74) is 1.59. The maximum absolute atomic E-state index is 12.9. The van der Waals surface area contributed by atoms with E-state index in [1.165, 1.54) is 0 Å². The predicted molar refractivity (Wildman–Crippen MR) is 98.9 cm³/mol. The third-order valence-electron chi connectivity index (χ3n) is 5.16. The van der Waals surface area contributed by atoms with Gasteiger partial charge in [0.25, 0.3) is 0 Å². The molecule has 0 aliphatic heterocycles. The first-order chi connectivity index (χ1) is 12.6. The number of rotatable bonds is 4. The lowest BCUT2D eigenvalue weighted by molar-refractivity contribution is -0.129. The van der Waals surface area contributed by atoms with Gasteiger partial charge < -0.3 is 9.88 Å². The van der Waals surface area contributed by atoms with Gasteiger partial charge in [0.2, 0.25) is 5.91 Å². The van der Waals surface area contributed by atoms with Gasteiger partial charge >= 0.3 is 0 Å². The molecule has 1 aliphatic carbocycles. The quantitative estimate of drug-likeness (QED) is 0.787. The van der Waals surface area contributed by atoms with Crippen molar-refractivity contribution in [1.82, 2.24) is 24.6 Å². The van der Waals surface area contributed by atoms with Crippen molar-refractivity contribution in [1.29, 1.82) is 0 Å². The molecule has 0 radical (unpaired) electrons. The van der Waals surface area contributed by atoms with Crippen molar-refractivity contribution >= 4 is 5.91 Å². The summed E-state index contributed by atoms with van der Waals surface area (Å²) in [6.07, 6.45) is 10.4. The number of carbonyl (C=O) groups is 1. The van der Waals surface area contributed by atoms with Gasteiger partial charge in [-0.15, -0.1) is 0 Å². The highest BCUT2D eigenvalue weighted by atomic mass is 16.2. The molecule has 1 atom stereocenters. The van der Waals surface area contributed by atoms with Gasteiger partial charge in [-0.05, 0) is 57.4 Å². The van der Waals surface area contributed by atoms with E-state index in [0.29, 0.717) is 0 Å². The molecule has 0 aromatic carbocycles. The molecular weight excluding hydrogens is 326 g/mol. The molecule has 0 fully saturated rings. The molecule has 6 nitrogen and oxygen atoms in total. The Morgan fingerprint density at radius 1 is 1.23 bits per heavy atom. The molecule has 6 heteroatoms. The monoisotopic (exact) mass is 349 g/mol. The zero-order valence-electron chi connectivity index (χ0n) is 15.1. The zero-order chi connectivity index (χ0) is 18.1. The summed E-state index contributed by atoms with van der Waals surface area (Å²) < 4.78 is 3.83. The van der Waals surface area contributed by atoms with Crippen molar-refractivity contribution in [3.8, 4) is 5.82 Å². The van der Waals surface area contributed by atoms with Crippen LogP contribution in [0.5, 0.6) is 0 Å². The fourth-order valence-electron chi connectivity index (χ4n) is 3.54. The molecule has 134 valence electrons. The first-order valence-corrected chi connectivity index (χ1v) is 9.00. The largest absolute Gasteiger partial charge is 0.347 e. The van der Waals surface area contributed by atoms with Gasteiger partial charge in [-0.1, -0.05) is 6.07 Å². The highest BCUT2D eigenvalue weighted by Crippen LogP contribution is 2.31. The molecule has 0 saturated heterocycles. The Labute approximate surface area is 152 Å². The number of nitrogens with one attached hydrogen (secondary N) is 1. The van der Waals surface area contributed by atoms with Crippen LogP contribution in [0.2, 0.25) is 0 Å². The van der Waals surface area contributed by atoms with E-state index in [4.69, 9.17) is 0 Å². The Balaban J connectivity index is 1.59. The third kappa shape index (κ3) is 2.81. The van der Waals surface area contributed by atoms with Crippen LogP contribution in [0.25, 0.3) is 5.82 Å². The second kappa shape index (κ2) is 6.44. The Hall–Kier alpha value is -2.89. The average Bonchev–Trinajstić information content (AvgIpc) is 3.33. The fraction of sp³-hybridized carbons (Fsp3) is 0.350. The summed E-state index contributed by atoms with van der Waals surface area (Å²) in [5.74, 6) is 0.825. The van der Waals surface area contributed by atoms with Crippen LogP contribution >= 0.6 is 0 Å². The van der Waals surface area contributed by atoms with Crippen molar-refractivity contribution in [2.24, 2.45) is 0 Å². The lowest BCUT2D eigenvalue weighted by Gasteiger charge is -2.30. The minimum Gasteiger partial charge on any atom is -0.347 e. The van der Waals surface area contributed by atoms with E-state index >= 15 is 0 Å². The van der Waals surface area contributed by atoms with Crippen molar-refractivity contribution < 1.29 is 4.79 Å². The second-order valence-electron chi connectivity index (χ2n) is 7.21. The van der Waals surface area contributed by atoms with Crippen LogP contribution in [0.1, 0.15) is 44.0 Å². The minimum absolute atomic E-state index is 0.0112. The maximum atomic E-state index is 12.9. The standard InChI is InChI=1S/C20H23N5O/c1-20(2,24-12-5-6-13-24)19(26)23-16-8-7-9-17-15(16)14-22-25(17)18-10-3-4-11-21-18/h3-6,10-14,16H,7-9H2,1-2H3,(H,23,26). The fourth-order valence-corrected chi connectivity index (χ4v) is 3.54. The predicted octanol–water partition coefficient (Wildman–Crippen LogP) is 3.00. The first-order valence-electron chi connectivity index (χ1n) is 9.00. The molecular formula is C20H23N5O. The molecule has 0 spiro atoms. The SMILES string of the molecule is CC(C)(C(=O)NC1CCCc2c1cnn2-c1ccccn1)n1cccc1. The molecule has 0 bridgehead atoms. The van der Waals surface area contributed by atoms with Gasteiger partial charge in [0.15, 0.2) is 5.82 Å². The lowest BCUT2D eigenvalue weighted by atomic mass is 9.92. The van der Waals surface area contributed by atoms with E-state index in [1.54, 1.807) is 6.20 Å². The maximum Gasteiger partial charge on any atom is 0.246 e. The van der Waals surface area contributed by atoms with E-state index in [1.807, 2.05) is 72.0 Å². The lowest BCUT2D eigenvalue weighted by Crippen LogP contribution is -2.45. The molecule has 4 rings (SSSR count). The molecule has 26 heavy (non-hydrogen) atoms. The van der Waals surface area contributed by atoms with Crippen LogP contribution in [0.4, 0.5) is 0 Å². The molecule has 1 aliphatic rings.